The van der Waals surface area contributed by atoms with Crippen molar-refractivity contribution in [3.8, 4) is 0 Å². The number of aromatic nitrogens is 4. The van der Waals surface area contributed by atoms with Crippen LogP contribution in [-0.2, 0) is 0 Å². The lowest BCUT2D eigenvalue weighted by molar-refractivity contribution is 0.775. The Balaban J connectivity index is 2.29. The predicted molar refractivity (Wildman–Crippen MR) is 54.8 cm³/mol. The van der Waals surface area contributed by atoms with Gasteiger partial charge in [-0.2, -0.15) is 0 Å². The maximum atomic E-state index is 5.96. The molecule has 2 N–H and O–H groups in total. The third-order valence-corrected chi connectivity index (χ3v) is 2.02. The van der Waals surface area contributed by atoms with Crippen molar-refractivity contribution in [1.82, 2.24) is 19.9 Å². The second-order valence-electron chi connectivity index (χ2n) is 3.19. The van der Waals surface area contributed by atoms with Gasteiger partial charge in [0.25, 0.3) is 0 Å². The first-order valence-electron chi connectivity index (χ1n) is 4.57. The molecule has 0 fully saturated rings. The van der Waals surface area contributed by atoms with Gasteiger partial charge >= 0.3 is 0 Å². The van der Waals surface area contributed by atoms with E-state index in [2.05, 4.69) is 19.9 Å². The molecule has 0 saturated carbocycles. The highest BCUT2D eigenvalue weighted by molar-refractivity contribution is 5.16. The van der Waals surface area contributed by atoms with Crippen molar-refractivity contribution < 1.29 is 0 Å². The van der Waals surface area contributed by atoms with Crippen LogP contribution in [0, 0.1) is 6.92 Å². The molecule has 2 aromatic heterocycles. The molecule has 0 spiro atoms. The standard InChI is InChI=1S/C10H11N5/c1-7-4-15-9(6-14-7)10(11)8-5-12-2-3-13-8/h2-6,10H,11H2,1H3. The summed E-state index contributed by atoms with van der Waals surface area (Å²) in [7, 11) is 0. The summed E-state index contributed by atoms with van der Waals surface area (Å²) in [5.41, 5.74) is 8.21. The van der Waals surface area contributed by atoms with Crippen molar-refractivity contribution in [2.24, 2.45) is 5.73 Å². The van der Waals surface area contributed by atoms with Crippen molar-refractivity contribution in [3.05, 3.63) is 48.1 Å². The SMILES string of the molecule is Cc1cnc(C(N)c2cnccn2)cn1. The summed E-state index contributed by atoms with van der Waals surface area (Å²) in [6.07, 6.45) is 8.19. The number of aryl methyl sites for hydroxylation is 1. The van der Waals surface area contributed by atoms with Gasteiger partial charge < -0.3 is 5.73 Å². The third-order valence-electron chi connectivity index (χ3n) is 2.02. The maximum absolute atomic E-state index is 5.96. The normalized spacial score (nSPS) is 12.4. The Morgan fingerprint density at radius 1 is 1.00 bits per heavy atom. The number of hydrogen-bond donors (Lipinski definition) is 1. The molecular weight excluding hydrogens is 190 g/mol. The van der Waals surface area contributed by atoms with Gasteiger partial charge in [-0.05, 0) is 6.92 Å². The van der Waals surface area contributed by atoms with Gasteiger partial charge in [-0.25, -0.2) is 0 Å². The first-order chi connectivity index (χ1) is 7.27. The zero-order valence-corrected chi connectivity index (χ0v) is 8.33. The molecular formula is C10H11N5. The summed E-state index contributed by atoms with van der Waals surface area (Å²) in [6.45, 7) is 1.88. The van der Waals surface area contributed by atoms with Crippen LogP contribution in [0.2, 0.25) is 0 Å². The molecule has 0 amide bonds. The second-order valence-corrected chi connectivity index (χ2v) is 3.19. The summed E-state index contributed by atoms with van der Waals surface area (Å²) in [4.78, 5) is 16.4. The summed E-state index contributed by atoms with van der Waals surface area (Å²) in [6, 6.07) is -0.369. The van der Waals surface area contributed by atoms with Gasteiger partial charge in [0, 0.05) is 18.6 Å². The average molecular weight is 201 g/mol. The molecule has 0 bridgehead atoms. The maximum Gasteiger partial charge on any atom is 0.0931 e. The van der Waals surface area contributed by atoms with E-state index in [1.54, 1.807) is 31.0 Å². The molecule has 0 aliphatic rings. The molecule has 2 rings (SSSR count). The van der Waals surface area contributed by atoms with Crippen LogP contribution in [0.1, 0.15) is 23.1 Å². The molecule has 0 radical (unpaired) electrons. The molecule has 2 heterocycles. The van der Waals surface area contributed by atoms with Crippen molar-refractivity contribution in [3.63, 3.8) is 0 Å². The van der Waals surface area contributed by atoms with Gasteiger partial charge in [-0.3, -0.25) is 19.9 Å². The highest BCUT2D eigenvalue weighted by Gasteiger charge is 2.11. The Labute approximate surface area is 87.4 Å². The van der Waals surface area contributed by atoms with E-state index in [0.717, 1.165) is 5.69 Å². The van der Waals surface area contributed by atoms with Crippen molar-refractivity contribution >= 4 is 0 Å². The van der Waals surface area contributed by atoms with Gasteiger partial charge in [0.05, 0.1) is 35.5 Å². The molecule has 15 heavy (non-hydrogen) atoms. The number of hydrogen-bond acceptors (Lipinski definition) is 5. The minimum Gasteiger partial charge on any atom is -0.318 e. The van der Waals surface area contributed by atoms with Gasteiger partial charge in [0.1, 0.15) is 0 Å². The Morgan fingerprint density at radius 3 is 2.40 bits per heavy atom. The molecule has 5 heteroatoms. The Morgan fingerprint density at radius 2 is 1.80 bits per heavy atom. The van der Waals surface area contributed by atoms with E-state index in [9.17, 15) is 0 Å². The molecule has 0 aliphatic carbocycles. The van der Waals surface area contributed by atoms with Gasteiger partial charge in [-0.1, -0.05) is 0 Å². The van der Waals surface area contributed by atoms with Crippen LogP contribution in [0.25, 0.3) is 0 Å². The smallest absolute Gasteiger partial charge is 0.0931 e. The van der Waals surface area contributed by atoms with E-state index in [0.29, 0.717) is 11.4 Å². The molecule has 0 aromatic carbocycles. The van der Waals surface area contributed by atoms with E-state index < -0.39 is 0 Å². The number of nitrogens with zero attached hydrogens (tertiary/aromatic N) is 4. The first-order valence-corrected chi connectivity index (χ1v) is 4.57. The average Bonchev–Trinajstić information content (AvgIpc) is 2.30. The molecule has 0 aliphatic heterocycles. The molecule has 76 valence electrons. The van der Waals surface area contributed by atoms with Crippen LogP contribution in [0.4, 0.5) is 0 Å². The minimum atomic E-state index is -0.369. The molecule has 5 nitrogen and oxygen atoms in total. The monoisotopic (exact) mass is 201 g/mol. The van der Waals surface area contributed by atoms with Crippen LogP contribution in [-0.4, -0.2) is 19.9 Å². The summed E-state index contributed by atoms with van der Waals surface area (Å²) >= 11 is 0. The molecule has 0 saturated heterocycles. The van der Waals surface area contributed by atoms with Gasteiger partial charge in [0.15, 0.2) is 0 Å². The Hall–Kier alpha value is -1.88. The summed E-state index contributed by atoms with van der Waals surface area (Å²) in [5, 5.41) is 0. The molecule has 2 aromatic rings. The van der Waals surface area contributed by atoms with E-state index in [1.807, 2.05) is 6.92 Å². The Bertz CT molecular complexity index is 425. The molecule has 1 atom stereocenters. The number of nitrogens with two attached hydrogens (primary N) is 1. The van der Waals surface area contributed by atoms with Crippen LogP contribution in [0.3, 0.4) is 0 Å². The highest BCUT2D eigenvalue weighted by atomic mass is 14.9. The van der Waals surface area contributed by atoms with Crippen LogP contribution >= 0.6 is 0 Å². The van der Waals surface area contributed by atoms with Crippen molar-refractivity contribution in [1.29, 1.82) is 0 Å². The van der Waals surface area contributed by atoms with E-state index in [4.69, 9.17) is 5.73 Å². The lowest BCUT2D eigenvalue weighted by atomic mass is 10.1. The fourth-order valence-electron chi connectivity index (χ4n) is 1.19. The van der Waals surface area contributed by atoms with Gasteiger partial charge in [-0.15, -0.1) is 0 Å². The predicted octanol–water partition coefficient (Wildman–Crippen LogP) is 0.623. The lowest BCUT2D eigenvalue weighted by Gasteiger charge is -2.08. The minimum absolute atomic E-state index is 0.369. The van der Waals surface area contributed by atoms with Crippen LogP contribution < -0.4 is 5.73 Å². The Kier molecular flexibility index (Phi) is 2.64. The molecule has 1 unspecified atom stereocenters. The topological polar surface area (TPSA) is 77.6 Å². The summed E-state index contributed by atoms with van der Waals surface area (Å²) in [5.74, 6) is 0. The second kappa shape index (κ2) is 4.10. The van der Waals surface area contributed by atoms with Crippen molar-refractivity contribution in [2.45, 2.75) is 13.0 Å². The third kappa shape index (κ3) is 2.13. The van der Waals surface area contributed by atoms with Crippen LogP contribution in [0.5, 0.6) is 0 Å². The zero-order valence-electron chi connectivity index (χ0n) is 8.33. The zero-order chi connectivity index (χ0) is 10.7. The van der Waals surface area contributed by atoms with Gasteiger partial charge in [0.2, 0.25) is 0 Å². The highest BCUT2D eigenvalue weighted by Crippen LogP contribution is 2.12. The fraction of sp³-hybridized carbons (Fsp3) is 0.200. The van der Waals surface area contributed by atoms with E-state index in [-0.39, 0.29) is 6.04 Å². The number of rotatable bonds is 2. The van der Waals surface area contributed by atoms with Crippen LogP contribution in [0.15, 0.2) is 31.0 Å². The largest absolute Gasteiger partial charge is 0.318 e. The first kappa shape index (κ1) is 9.67. The van der Waals surface area contributed by atoms with Crippen molar-refractivity contribution in [2.75, 3.05) is 0 Å². The lowest BCUT2D eigenvalue weighted by Crippen LogP contribution is -2.15. The van der Waals surface area contributed by atoms with E-state index >= 15 is 0 Å². The quantitative estimate of drug-likeness (QED) is 0.770. The fourth-order valence-corrected chi connectivity index (χ4v) is 1.19. The van der Waals surface area contributed by atoms with E-state index in [1.165, 1.54) is 0 Å². The summed E-state index contributed by atoms with van der Waals surface area (Å²) < 4.78 is 0.